The second-order valence-corrected chi connectivity index (χ2v) is 6.63. The van der Waals surface area contributed by atoms with Gasteiger partial charge in [0.05, 0.1) is 31.1 Å². The van der Waals surface area contributed by atoms with Crippen molar-refractivity contribution in [3.05, 3.63) is 0 Å². The Hall–Kier alpha value is -1.19. The van der Waals surface area contributed by atoms with E-state index in [1.807, 2.05) is 0 Å². The summed E-state index contributed by atoms with van der Waals surface area (Å²) in [5.41, 5.74) is 0. The molecule has 3 N–H and O–H groups in total. The summed E-state index contributed by atoms with van der Waals surface area (Å²) in [5.74, 6) is -2.48. The fourth-order valence-electron chi connectivity index (χ4n) is 1.90. The molecule has 1 saturated heterocycles. The third kappa shape index (κ3) is 4.73. The van der Waals surface area contributed by atoms with Crippen molar-refractivity contribution in [1.29, 1.82) is 0 Å². The summed E-state index contributed by atoms with van der Waals surface area (Å²) in [5, 5.41) is 11.5. The topological polar surface area (TPSA) is 122 Å². The Balaban J connectivity index is 2.56. The van der Waals surface area contributed by atoms with Crippen molar-refractivity contribution in [2.45, 2.75) is 32.4 Å². The highest BCUT2D eigenvalue weighted by atomic mass is 32.2. The summed E-state index contributed by atoms with van der Waals surface area (Å²) < 4.78 is 30.4. The molecule has 0 aliphatic carbocycles. The maximum atomic E-state index is 11.9. The minimum atomic E-state index is -3.50. The highest BCUT2D eigenvalue weighted by molar-refractivity contribution is 7.89. The SMILES string of the molecule is CCCS(=O)(=O)NC(C)C(=O)NC1COCC1C(=O)O. The van der Waals surface area contributed by atoms with Gasteiger partial charge in [0.25, 0.3) is 0 Å². The van der Waals surface area contributed by atoms with Crippen LogP contribution in [0.1, 0.15) is 20.3 Å². The van der Waals surface area contributed by atoms with Crippen LogP contribution in [0.2, 0.25) is 0 Å². The smallest absolute Gasteiger partial charge is 0.311 e. The molecule has 0 bridgehead atoms. The Morgan fingerprint density at radius 1 is 1.40 bits per heavy atom. The average molecular weight is 308 g/mol. The monoisotopic (exact) mass is 308 g/mol. The number of ether oxygens (including phenoxy) is 1. The van der Waals surface area contributed by atoms with Crippen molar-refractivity contribution >= 4 is 21.9 Å². The first-order chi connectivity index (χ1) is 9.26. The number of amides is 1. The van der Waals surface area contributed by atoms with Gasteiger partial charge in [-0.15, -0.1) is 0 Å². The number of hydrogen-bond acceptors (Lipinski definition) is 5. The molecule has 1 aliphatic rings. The molecule has 1 amide bonds. The quantitative estimate of drug-likeness (QED) is 0.550. The van der Waals surface area contributed by atoms with Crippen LogP contribution in [-0.4, -0.2) is 56.5 Å². The minimum Gasteiger partial charge on any atom is -0.481 e. The first kappa shape index (κ1) is 16.9. The van der Waals surface area contributed by atoms with E-state index in [2.05, 4.69) is 10.0 Å². The third-order valence-corrected chi connectivity index (χ3v) is 4.61. The van der Waals surface area contributed by atoms with E-state index < -0.39 is 39.9 Å². The molecule has 116 valence electrons. The first-order valence-electron chi connectivity index (χ1n) is 6.37. The van der Waals surface area contributed by atoms with E-state index in [4.69, 9.17) is 9.84 Å². The Morgan fingerprint density at radius 2 is 2.05 bits per heavy atom. The predicted octanol–water partition coefficient (Wildman–Crippen LogP) is -1.08. The molecule has 1 heterocycles. The van der Waals surface area contributed by atoms with E-state index in [1.54, 1.807) is 6.92 Å². The van der Waals surface area contributed by atoms with Gasteiger partial charge in [-0.2, -0.15) is 0 Å². The van der Waals surface area contributed by atoms with Crippen LogP contribution in [0.4, 0.5) is 0 Å². The van der Waals surface area contributed by atoms with Crippen LogP contribution in [0.3, 0.4) is 0 Å². The van der Waals surface area contributed by atoms with Crippen LogP contribution in [0.15, 0.2) is 0 Å². The van der Waals surface area contributed by atoms with E-state index >= 15 is 0 Å². The highest BCUT2D eigenvalue weighted by Crippen LogP contribution is 2.14. The van der Waals surface area contributed by atoms with Gasteiger partial charge in [-0.1, -0.05) is 6.92 Å². The van der Waals surface area contributed by atoms with Gasteiger partial charge >= 0.3 is 5.97 Å². The lowest BCUT2D eigenvalue weighted by Crippen LogP contribution is -2.51. The summed E-state index contributed by atoms with van der Waals surface area (Å²) in [6.07, 6.45) is 0.446. The number of sulfonamides is 1. The van der Waals surface area contributed by atoms with E-state index in [0.29, 0.717) is 6.42 Å². The maximum Gasteiger partial charge on any atom is 0.311 e. The summed E-state index contributed by atoms with van der Waals surface area (Å²) in [6.45, 7) is 3.28. The van der Waals surface area contributed by atoms with E-state index in [1.165, 1.54) is 6.92 Å². The molecule has 0 saturated carbocycles. The molecule has 1 rings (SSSR count). The molecule has 20 heavy (non-hydrogen) atoms. The van der Waals surface area contributed by atoms with Crippen LogP contribution in [0, 0.1) is 5.92 Å². The van der Waals surface area contributed by atoms with Gasteiger partial charge in [0.15, 0.2) is 0 Å². The van der Waals surface area contributed by atoms with E-state index in [9.17, 15) is 18.0 Å². The van der Waals surface area contributed by atoms with Crippen LogP contribution in [0.25, 0.3) is 0 Å². The molecule has 0 aromatic rings. The van der Waals surface area contributed by atoms with Crippen molar-refractivity contribution in [2.75, 3.05) is 19.0 Å². The zero-order chi connectivity index (χ0) is 15.3. The molecule has 3 atom stereocenters. The summed E-state index contributed by atoms with van der Waals surface area (Å²) in [6, 6.07) is -1.60. The molecule has 1 aliphatic heterocycles. The molecular formula is C11H20N2O6S. The number of rotatable bonds is 7. The fraction of sp³-hybridized carbons (Fsp3) is 0.818. The van der Waals surface area contributed by atoms with E-state index in [-0.39, 0.29) is 19.0 Å². The molecule has 9 heteroatoms. The number of aliphatic carboxylic acids is 1. The predicted molar refractivity (Wildman–Crippen MR) is 70.6 cm³/mol. The van der Waals surface area contributed by atoms with E-state index in [0.717, 1.165) is 0 Å². The van der Waals surface area contributed by atoms with Crippen molar-refractivity contribution in [2.24, 2.45) is 5.92 Å². The van der Waals surface area contributed by atoms with Gasteiger partial charge in [-0.05, 0) is 13.3 Å². The van der Waals surface area contributed by atoms with Crippen LogP contribution in [-0.2, 0) is 24.3 Å². The maximum absolute atomic E-state index is 11.9. The minimum absolute atomic E-state index is 0.0379. The Kier molecular flexibility index (Phi) is 5.90. The summed E-state index contributed by atoms with van der Waals surface area (Å²) in [7, 11) is -3.50. The number of nitrogens with one attached hydrogen (secondary N) is 2. The fourth-order valence-corrected chi connectivity index (χ4v) is 3.20. The Bertz CT molecular complexity index is 464. The lowest BCUT2D eigenvalue weighted by atomic mass is 10.0. The molecule has 1 fully saturated rings. The number of carboxylic acids is 1. The Morgan fingerprint density at radius 3 is 2.60 bits per heavy atom. The van der Waals surface area contributed by atoms with Gasteiger partial charge in [-0.25, -0.2) is 13.1 Å². The van der Waals surface area contributed by atoms with Crippen molar-refractivity contribution in [3.8, 4) is 0 Å². The first-order valence-corrected chi connectivity index (χ1v) is 8.03. The van der Waals surface area contributed by atoms with Crippen LogP contribution >= 0.6 is 0 Å². The average Bonchev–Trinajstić information content (AvgIpc) is 2.76. The number of carbonyl (C=O) groups is 2. The zero-order valence-corrected chi connectivity index (χ0v) is 12.3. The molecular weight excluding hydrogens is 288 g/mol. The van der Waals surface area contributed by atoms with Crippen LogP contribution in [0.5, 0.6) is 0 Å². The summed E-state index contributed by atoms with van der Waals surface area (Å²) in [4.78, 5) is 22.8. The number of hydrogen-bond donors (Lipinski definition) is 3. The normalized spacial score (nSPS) is 24.3. The highest BCUT2D eigenvalue weighted by Gasteiger charge is 2.36. The van der Waals surface area contributed by atoms with Gasteiger partial charge in [0.2, 0.25) is 15.9 Å². The standard InChI is InChI=1S/C11H20N2O6S/c1-3-4-20(17,18)13-7(2)10(14)12-9-6-19-5-8(9)11(15)16/h7-9,13H,3-6H2,1-2H3,(H,12,14)(H,15,16). The molecule has 8 nitrogen and oxygen atoms in total. The number of carbonyl (C=O) groups excluding carboxylic acids is 1. The molecule has 0 aromatic heterocycles. The van der Waals surface area contributed by atoms with Crippen LogP contribution < -0.4 is 10.0 Å². The molecule has 0 aromatic carbocycles. The van der Waals surface area contributed by atoms with Gasteiger partial charge < -0.3 is 15.2 Å². The third-order valence-electron chi connectivity index (χ3n) is 2.95. The Labute approximate surface area is 117 Å². The van der Waals surface area contributed by atoms with Gasteiger partial charge in [0, 0.05) is 0 Å². The molecule has 0 radical (unpaired) electrons. The summed E-state index contributed by atoms with van der Waals surface area (Å²) >= 11 is 0. The lowest BCUT2D eigenvalue weighted by molar-refractivity contribution is -0.142. The van der Waals surface area contributed by atoms with Gasteiger partial charge in [0.1, 0.15) is 5.92 Å². The lowest BCUT2D eigenvalue weighted by Gasteiger charge is -2.19. The molecule has 3 unspecified atom stereocenters. The van der Waals surface area contributed by atoms with Crippen molar-refractivity contribution in [3.63, 3.8) is 0 Å². The molecule has 0 spiro atoms. The second kappa shape index (κ2) is 7.00. The second-order valence-electron chi connectivity index (χ2n) is 4.76. The largest absolute Gasteiger partial charge is 0.481 e. The van der Waals surface area contributed by atoms with Crippen molar-refractivity contribution in [1.82, 2.24) is 10.0 Å². The number of carboxylic acid groups (broad SMARTS) is 1. The van der Waals surface area contributed by atoms with Gasteiger partial charge in [-0.3, -0.25) is 9.59 Å². The van der Waals surface area contributed by atoms with Crippen molar-refractivity contribution < 1.29 is 27.9 Å². The zero-order valence-electron chi connectivity index (χ0n) is 11.5.